The van der Waals surface area contributed by atoms with Crippen molar-refractivity contribution in [2.24, 2.45) is 34.5 Å². The Labute approximate surface area is 156 Å². The molecule has 3 heteroatoms. The van der Waals surface area contributed by atoms with Crippen LogP contribution >= 0.6 is 0 Å². The molecule has 0 aliphatic heterocycles. The highest BCUT2D eigenvalue weighted by molar-refractivity contribution is 5.91. The highest BCUT2D eigenvalue weighted by atomic mass is 19.1. The van der Waals surface area contributed by atoms with Crippen LogP contribution in [0, 0.1) is 34.5 Å². The third-order valence-corrected chi connectivity index (χ3v) is 8.86. The van der Waals surface area contributed by atoms with E-state index in [1.165, 1.54) is 5.57 Å². The minimum atomic E-state index is -0.448. The van der Waals surface area contributed by atoms with Crippen LogP contribution in [0.1, 0.15) is 72.1 Å². The van der Waals surface area contributed by atoms with Crippen LogP contribution in [0.2, 0.25) is 0 Å². The molecule has 4 aliphatic rings. The van der Waals surface area contributed by atoms with E-state index in [4.69, 9.17) is 0 Å². The molecule has 0 radical (unpaired) electrons. The summed E-state index contributed by atoms with van der Waals surface area (Å²) in [6, 6.07) is 0. The third-order valence-electron chi connectivity index (χ3n) is 8.86. The number of hydrogen-bond acceptors (Lipinski definition) is 2. The number of halogens is 1. The summed E-state index contributed by atoms with van der Waals surface area (Å²) in [6.45, 7) is 6.47. The van der Waals surface area contributed by atoms with E-state index < -0.39 is 6.61 Å². The molecule has 0 aromatic carbocycles. The van der Waals surface area contributed by atoms with Crippen molar-refractivity contribution in [1.82, 2.24) is 0 Å². The van der Waals surface area contributed by atoms with E-state index in [-0.39, 0.29) is 16.7 Å². The van der Waals surface area contributed by atoms with Gasteiger partial charge in [-0.2, -0.15) is 0 Å². The monoisotopic (exact) mass is 360 g/mol. The van der Waals surface area contributed by atoms with Crippen molar-refractivity contribution in [1.29, 1.82) is 0 Å². The number of ketones is 1. The van der Waals surface area contributed by atoms with Gasteiger partial charge in [-0.05, 0) is 91.1 Å². The Kier molecular flexibility index (Phi) is 4.45. The number of aliphatic hydroxyl groups excluding tert-OH is 1. The molecular weight excluding hydrogens is 327 g/mol. The highest BCUT2D eigenvalue weighted by Gasteiger charge is 2.59. The van der Waals surface area contributed by atoms with Gasteiger partial charge in [-0.3, -0.25) is 4.79 Å². The number of hydrogen-bond donors (Lipinski definition) is 1. The molecule has 0 saturated heterocycles. The number of fused-ring (bicyclic) bond motifs is 5. The second-order valence-electron chi connectivity index (χ2n) is 9.74. The fourth-order valence-corrected chi connectivity index (χ4v) is 7.52. The molecule has 4 aliphatic carbocycles. The highest BCUT2D eigenvalue weighted by Crippen LogP contribution is 2.68. The molecule has 3 fully saturated rings. The fraction of sp³-hybridized carbons (Fsp3) is 0.783. The Bertz CT molecular complexity index is 678. The van der Waals surface area contributed by atoms with Gasteiger partial charge in [0.15, 0.2) is 5.78 Å². The minimum absolute atomic E-state index is 0.0751. The summed E-state index contributed by atoms with van der Waals surface area (Å²) < 4.78 is 14.4. The lowest BCUT2D eigenvalue weighted by molar-refractivity contribution is -0.117. The predicted octanol–water partition coefficient (Wildman–Crippen LogP) is 5.37. The molecule has 3 saturated carbocycles. The summed E-state index contributed by atoms with van der Waals surface area (Å²) in [7, 11) is 0. The van der Waals surface area contributed by atoms with Crippen molar-refractivity contribution >= 4 is 5.78 Å². The van der Waals surface area contributed by atoms with E-state index in [9.17, 15) is 14.3 Å². The van der Waals surface area contributed by atoms with E-state index in [2.05, 4.69) is 20.8 Å². The molecule has 4 rings (SSSR count). The maximum atomic E-state index is 14.4. The van der Waals surface area contributed by atoms with Crippen LogP contribution in [0.15, 0.2) is 23.0 Å². The van der Waals surface area contributed by atoms with Crippen molar-refractivity contribution < 1.29 is 14.3 Å². The molecule has 6 atom stereocenters. The van der Waals surface area contributed by atoms with Gasteiger partial charge in [0.2, 0.25) is 0 Å². The topological polar surface area (TPSA) is 37.3 Å². The lowest BCUT2D eigenvalue weighted by atomic mass is 9.45. The Morgan fingerprint density at radius 2 is 1.92 bits per heavy atom. The van der Waals surface area contributed by atoms with Gasteiger partial charge in [-0.1, -0.05) is 26.3 Å². The van der Waals surface area contributed by atoms with Gasteiger partial charge in [0, 0.05) is 6.42 Å². The van der Waals surface area contributed by atoms with Crippen molar-refractivity contribution in [2.45, 2.75) is 72.1 Å². The Morgan fingerprint density at radius 1 is 1.19 bits per heavy atom. The maximum Gasteiger partial charge on any atom is 0.155 e. The lowest BCUT2D eigenvalue weighted by Crippen LogP contribution is -2.52. The number of aliphatic hydroxyl groups is 1. The van der Waals surface area contributed by atoms with E-state index in [1.54, 1.807) is 0 Å². The van der Waals surface area contributed by atoms with Gasteiger partial charge in [-0.25, -0.2) is 4.39 Å². The number of carbonyl (C=O) groups is 1. The van der Waals surface area contributed by atoms with E-state index >= 15 is 0 Å². The normalized spacial score (nSPS) is 47.0. The summed E-state index contributed by atoms with van der Waals surface area (Å²) in [5.41, 5.74) is 2.41. The first-order valence-corrected chi connectivity index (χ1v) is 10.6. The molecule has 0 amide bonds. The average molecular weight is 361 g/mol. The molecule has 0 heterocycles. The number of carbonyl (C=O) groups excluding carboxylic acids is 1. The van der Waals surface area contributed by atoms with Crippen LogP contribution in [0.3, 0.4) is 0 Å². The van der Waals surface area contributed by atoms with E-state index in [0.29, 0.717) is 35.9 Å². The second kappa shape index (κ2) is 6.29. The van der Waals surface area contributed by atoms with Crippen molar-refractivity contribution in [3.05, 3.63) is 23.0 Å². The second-order valence-corrected chi connectivity index (χ2v) is 9.74. The molecule has 0 aromatic heterocycles. The summed E-state index contributed by atoms with van der Waals surface area (Å²) >= 11 is 0. The van der Waals surface area contributed by atoms with Gasteiger partial charge < -0.3 is 5.11 Å². The first-order valence-electron chi connectivity index (χ1n) is 10.6. The van der Waals surface area contributed by atoms with Crippen LogP contribution < -0.4 is 0 Å². The van der Waals surface area contributed by atoms with Gasteiger partial charge in [0.1, 0.15) is 5.83 Å². The zero-order valence-electron chi connectivity index (χ0n) is 16.5. The lowest BCUT2D eigenvalue weighted by Gasteiger charge is -2.59. The Hall–Kier alpha value is -0.960. The standard InChI is InChI=1S/C23H33FO2/c1-4-14-11-16-17-5-6-19(21(24)13-25)22(17,2)10-8-18(16)23(3)9-7-15(26)12-20(14)23/h12,14,16-18,25H,4-11,13H2,1-3H3/t14?,16-,17-,18-,22-,23+/m0/s1. The van der Waals surface area contributed by atoms with E-state index in [1.807, 2.05) is 6.08 Å². The minimum Gasteiger partial charge on any atom is -0.389 e. The Balaban J connectivity index is 1.74. The fourth-order valence-electron chi connectivity index (χ4n) is 7.52. The molecule has 1 N–H and O–H groups in total. The first kappa shape index (κ1) is 18.4. The third kappa shape index (κ3) is 2.42. The zero-order chi connectivity index (χ0) is 18.7. The SMILES string of the molecule is CCC1C[C@@H]2[C@H](CC[C@]3(C)C(=C(F)CO)CC[C@@H]23)[C@@]2(C)CCC(=O)C=C12. The number of allylic oxidation sites excluding steroid dienone is 2. The van der Waals surface area contributed by atoms with Crippen molar-refractivity contribution in [3.8, 4) is 0 Å². The average Bonchev–Trinajstić information content (AvgIpc) is 2.98. The predicted molar refractivity (Wildman–Crippen MR) is 101 cm³/mol. The van der Waals surface area contributed by atoms with Gasteiger partial charge >= 0.3 is 0 Å². The van der Waals surface area contributed by atoms with Gasteiger partial charge in [0.05, 0.1) is 6.61 Å². The maximum absolute atomic E-state index is 14.4. The molecule has 144 valence electrons. The van der Waals surface area contributed by atoms with Crippen LogP contribution in [0.5, 0.6) is 0 Å². The summed E-state index contributed by atoms with van der Waals surface area (Å²) in [5, 5.41) is 9.36. The molecule has 2 nitrogen and oxygen atoms in total. The molecule has 26 heavy (non-hydrogen) atoms. The summed E-state index contributed by atoms with van der Waals surface area (Å²) in [5.74, 6) is 2.32. The molecule has 0 aromatic rings. The molecule has 0 spiro atoms. The molecule has 1 unspecified atom stereocenters. The van der Waals surface area contributed by atoms with Crippen LogP contribution in [-0.4, -0.2) is 17.5 Å². The van der Waals surface area contributed by atoms with Crippen LogP contribution in [0.4, 0.5) is 4.39 Å². The Morgan fingerprint density at radius 3 is 2.62 bits per heavy atom. The van der Waals surface area contributed by atoms with Gasteiger partial charge in [-0.15, -0.1) is 0 Å². The van der Waals surface area contributed by atoms with Crippen LogP contribution in [-0.2, 0) is 4.79 Å². The summed E-state index contributed by atoms with van der Waals surface area (Å²) in [4.78, 5) is 12.1. The smallest absolute Gasteiger partial charge is 0.155 e. The number of rotatable bonds is 2. The van der Waals surface area contributed by atoms with Gasteiger partial charge in [0.25, 0.3) is 0 Å². The largest absolute Gasteiger partial charge is 0.389 e. The van der Waals surface area contributed by atoms with E-state index in [0.717, 1.165) is 50.5 Å². The van der Waals surface area contributed by atoms with Crippen molar-refractivity contribution in [2.75, 3.05) is 6.61 Å². The van der Waals surface area contributed by atoms with Crippen molar-refractivity contribution in [3.63, 3.8) is 0 Å². The summed E-state index contributed by atoms with van der Waals surface area (Å²) in [6.07, 6.45) is 9.94. The van der Waals surface area contributed by atoms with Crippen LogP contribution in [0.25, 0.3) is 0 Å². The first-order chi connectivity index (χ1) is 12.3. The zero-order valence-corrected chi connectivity index (χ0v) is 16.5. The molecule has 0 bridgehead atoms. The molecular formula is C23H33FO2. The quantitative estimate of drug-likeness (QED) is 0.719.